The van der Waals surface area contributed by atoms with Crippen molar-refractivity contribution in [1.82, 2.24) is 20.9 Å². The summed E-state index contributed by atoms with van der Waals surface area (Å²) in [6.45, 7) is 2.86. The van der Waals surface area contributed by atoms with Crippen molar-refractivity contribution in [3.63, 3.8) is 0 Å². The number of hydrogen-bond acceptors (Lipinski definition) is 7. The zero-order valence-corrected chi connectivity index (χ0v) is 20.8. The van der Waals surface area contributed by atoms with Gasteiger partial charge in [-0.3, -0.25) is 9.36 Å². The first-order valence-corrected chi connectivity index (χ1v) is 13.0. The molecule has 0 aromatic rings. The lowest BCUT2D eigenvalue weighted by Crippen LogP contribution is -2.56. The number of rotatable bonds is 13. The smallest absolute Gasteiger partial charge is 0.405 e. The molecule has 2 unspecified atom stereocenters. The predicted molar refractivity (Wildman–Crippen MR) is 122 cm³/mol. The van der Waals surface area contributed by atoms with E-state index >= 15 is 0 Å². The summed E-state index contributed by atoms with van der Waals surface area (Å²) in [7, 11) is -1.03. The maximum absolute atomic E-state index is 13.1. The van der Waals surface area contributed by atoms with E-state index in [4.69, 9.17) is 9.05 Å². The predicted octanol–water partition coefficient (Wildman–Crippen LogP) is 1.93. The van der Waals surface area contributed by atoms with E-state index in [0.717, 1.165) is 32.1 Å². The number of carbonyl (C=O) groups excluding carboxylic acids is 2. The molecule has 0 radical (unpaired) electrons. The molecule has 0 saturated heterocycles. The Kier molecular flexibility index (Phi) is 12.7. The highest BCUT2D eigenvalue weighted by atomic mass is 31.2. The van der Waals surface area contributed by atoms with E-state index < -0.39 is 43.6 Å². The van der Waals surface area contributed by atoms with E-state index in [1.807, 2.05) is 0 Å². The Morgan fingerprint density at radius 2 is 1.64 bits per heavy atom. The van der Waals surface area contributed by atoms with Crippen molar-refractivity contribution in [2.75, 3.05) is 33.9 Å². The third-order valence-electron chi connectivity index (χ3n) is 5.42. The third kappa shape index (κ3) is 9.87. The minimum Gasteiger partial charge on any atom is -0.465 e. The molecule has 12 nitrogen and oxygen atoms in total. The van der Waals surface area contributed by atoms with Gasteiger partial charge in [0.25, 0.3) is 0 Å². The van der Waals surface area contributed by atoms with Crippen LogP contribution in [0.25, 0.3) is 0 Å². The van der Waals surface area contributed by atoms with Gasteiger partial charge in [-0.1, -0.05) is 32.1 Å². The van der Waals surface area contributed by atoms with E-state index in [-0.39, 0.29) is 25.7 Å². The van der Waals surface area contributed by atoms with Gasteiger partial charge in [-0.2, -0.15) is 0 Å². The van der Waals surface area contributed by atoms with Crippen LogP contribution < -0.4 is 16.0 Å². The van der Waals surface area contributed by atoms with Gasteiger partial charge in [0.15, 0.2) is 5.85 Å². The average Bonchev–Trinajstić information content (AvgIpc) is 2.75. The molecular weight excluding hydrogens is 455 g/mol. The highest BCUT2D eigenvalue weighted by Crippen LogP contribution is 2.53. The zero-order valence-electron chi connectivity index (χ0n) is 19.9. The monoisotopic (exact) mass is 494 g/mol. The van der Waals surface area contributed by atoms with E-state index in [9.17, 15) is 29.2 Å². The summed E-state index contributed by atoms with van der Waals surface area (Å²) >= 11 is 0. The normalized spacial score (nSPS) is 17.5. The second kappa shape index (κ2) is 14.4. The number of nitrogens with zero attached hydrogens (tertiary/aromatic N) is 1. The third-order valence-corrected chi connectivity index (χ3v) is 7.66. The van der Waals surface area contributed by atoms with Crippen LogP contribution in [-0.4, -0.2) is 84.9 Å². The van der Waals surface area contributed by atoms with E-state index in [2.05, 4.69) is 16.0 Å². The zero-order chi connectivity index (χ0) is 25.0. The summed E-state index contributed by atoms with van der Waals surface area (Å²) in [6, 6.07) is -2.82. The first kappa shape index (κ1) is 29.2. The number of carbonyl (C=O) groups is 3. The van der Waals surface area contributed by atoms with Crippen LogP contribution in [-0.2, 0) is 18.4 Å². The molecule has 5 N–H and O–H groups in total. The standard InChI is InChI=1S/C20H39N4O8P/c1-5-31-33(30,32-6-2)18(26)16(13-21-19(27)24(3)4)22-17(25)15(23-20(28)29)12-14-10-8-7-9-11-14/h14-16,18,23,26H,5-13H2,1-4H3,(H,21,27)(H,22,25)(H,28,29)/t15-,16?,18?/m0/s1. The van der Waals surface area contributed by atoms with Gasteiger partial charge in [-0.25, -0.2) is 9.59 Å². The summed E-state index contributed by atoms with van der Waals surface area (Å²) in [4.78, 5) is 37.6. The molecule has 3 atom stereocenters. The highest BCUT2D eigenvalue weighted by molar-refractivity contribution is 7.54. The second-order valence-corrected chi connectivity index (χ2v) is 10.4. The van der Waals surface area contributed by atoms with Gasteiger partial charge in [-0.05, 0) is 26.2 Å². The molecule has 0 aromatic carbocycles. The van der Waals surface area contributed by atoms with Crippen molar-refractivity contribution in [3.8, 4) is 0 Å². The van der Waals surface area contributed by atoms with Crippen LogP contribution >= 0.6 is 7.60 Å². The first-order chi connectivity index (χ1) is 15.5. The summed E-state index contributed by atoms with van der Waals surface area (Å²) in [5, 5.41) is 27.4. The number of carboxylic acid groups (broad SMARTS) is 1. The topological polar surface area (TPSA) is 167 Å². The van der Waals surface area contributed by atoms with Crippen LogP contribution in [0.15, 0.2) is 0 Å². The number of aliphatic hydroxyl groups excluding tert-OH is 1. The van der Waals surface area contributed by atoms with Gasteiger partial charge in [0.1, 0.15) is 6.04 Å². The molecule has 33 heavy (non-hydrogen) atoms. The molecule has 1 aliphatic carbocycles. The van der Waals surface area contributed by atoms with Gasteiger partial charge >= 0.3 is 19.7 Å². The molecule has 4 amide bonds. The maximum Gasteiger partial charge on any atom is 0.405 e. The van der Waals surface area contributed by atoms with Crippen LogP contribution in [0, 0.1) is 5.92 Å². The molecule has 1 fully saturated rings. The Morgan fingerprint density at radius 3 is 2.12 bits per heavy atom. The fraction of sp³-hybridized carbons (Fsp3) is 0.850. The molecule has 1 aliphatic rings. The van der Waals surface area contributed by atoms with Crippen LogP contribution in [0.3, 0.4) is 0 Å². The van der Waals surface area contributed by atoms with Gasteiger partial charge in [0.05, 0.1) is 19.3 Å². The quantitative estimate of drug-likeness (QED) is 0.242. The summed E-state index contributed by atoms with van der Waals surface area (Å²) < 4.78 is 23.5. The summed E-state index contributed by atoms with van der Waals surface area (Å²) in [5.74, 6) is -2.29. The lowest BCUT2D eigenvalue weighted by atomic mass is 9.84. The number of nitrogens with one attached hydrogen (secondary N) is 3. The van der Waals surface area contributed by atoms with E-state index in [0.29, 0.717) is 6.42 Å². The minimum atomic E-state index is -4.06. The van der Waals surface area contributed by atoms with Gasteiger partial charge in [-0.15, -0.1) is 0 Å². The van der Waals surface area contributed by atoms with Gasteiger partial charge < -0.3 is 40.1 Å². The van der Waals surface area contributed by atoms with Crippen molar-refractivity contribution in [2.45, 2.75) is 70.3 Å². The average molecular weight is 495 g/mol. The lowest BCUT2D eigenvalue weighted by molar-refractivity contribution is -0.124. The van der Waals surface area contributed by atoms with Crippen LogP contribution in [0.2, 0.25) is 0 Å². The number of aliphatic hydroxyl groups is 1. The Balaban J connectivity index is 3.07. The fourth-order valence-corrected chi connectivity index (χ4v) is 5.50. The molecular formula is C20H39N4O8P. The van der Waals surface area contributed by atoms with Crippen molar-refractivity contribution in [3.05, 3.63) is 0 Å². The van der Waals surface area contributed by atoms with Crippen LogP contribution in [0.5, 0.6) is 0 Å². The molecule has 0 spiro atoms. The van der Waals surface area contributed by atoms with Crippen LogP contribution in [0.4, 0.5) is 9.59 Å². The summed E-state index contributed by atoms with van der Waals surface area (Å²) in [6.07, 6.45) is 3.92. The molecule has 1 rings (SSSR count). The van der Waals surface area contributed by atoms with Crippen molar-refractivity contribution < 1.29 is 38.2 Å². The molecule has 0 heterocycles. The number of hydrogen-bond donors (Lipinski definition) is 5. The lowest BCUT2D eigenvalue weighted by Gasteiger charge is -2.32. The van der Waals surface area contributed by atoms with Crippen molar-refractivity contribution in [1.29, 1.82) is 0 Å². The molecule has 0 aromatic heterocycles. The largest absolute Gasteiger partial charge is 0.465 e. The van der Waals surface area contributed by atoms with Crippen LogP contribution in [0.1, 0.15) is 52.4 Å². The summed E-state index contributed by atoms with van der Waals surface area (Å²) in [5.41, 5.74) is 0. The minimum absolute atomic E-state index is 0.00998. The maximum atomic E-state index is 13.1. The van der Waals surface area contributed by atoms with Crippen molar-refractivity contribution in [2.24, 2.45) is 5.92 Å². The number of amides is 4. The molecule has 192 valence electrons. The van der Waals surface area contributed by atoms with Gasteiger partial charge in [0.2, 0.25) is 5.91 Å². The van der Waals surface area contributed by atoms with E-state index in [1.165, 1.54) is 19.0 Å². The molecule has 0 aliphatic heterocycles. The second-order valence-electron chi connectivity index (χ2n) is 8.23. The Labute approximate surface area is 195 Å². The first-order valence-electron chi connectivity index (χ1n) is 11.4. The van der Waals surface area contributed by atoms with Crippen molar-refractivity contribution >= 4 is 25.6 Å². The fourth-order valence-electron chi connectivity index (χ4n) is 3.78. The molecule has 13 heteroatoms. The highest BCUT2D eigenvalue weighted by Gasteiger charge is 2.41. The Hall–Kier alpha value is -1.88. The number of urea groups is 1. The Bertz CT molecular complexity index is 677. The Morgan fingerprint density at radius 1 is 1.06 bits per heavy atom. The van der Waals surface area contributed by atoms with E-state index in [1.54, 1.807) is 13.8 Å². The molecule has 1 saturated carbocycles. The van der Waals surface area contributed by atoms with Gasteiger partial charge in [0, 0.05) is 20.6 Å². The SMILES string of the molecule is CCOP(=O)(OCC)C(O)C(CNC(=O)N(C)C)NC(=O)[C@H](CC1CCCCC1)NC(=O)O. The molecule has 0 bridgehead atoms.